The number of carbonyl (C=O) groups excluding carboxylic acids is 3. The number of halogens is 2. The van der Waals surface area contributed by atoms with Crippen molar-refractivity contribution in [1.82, 2.24) is 14.5 Å². The lowest BCUT2D eigenvalue weighted by molar-refractivity contribution is -0.0605. The van der Waals surface area contributed by atoms with Crippen LogP contribution < -0.4 is 0 Å². The van der Waals surface area contributed by atoms with Crippen LogP contribution in [0.5, 0.6) is 0 Å². The first-order valence-electron chi connectivity index (χ1n) is 14.7. The highest BCUT2D eigenvalue weighted by molar-refractivity contribution is 6.34. The Morgan fingerprint density at radius 2 is 1.26 bits per heavy atom. The summed E-state index contributed by atoms with van der Waals surface area (Å²) in [5.41, 5.74) is 3.61. The molecule has 0 saturated carbocycles. The molecule has 10 nitrogen and oxygen atoms in total. The molecule has 0 bridgehead atoms. The Balaban J connectivity index is 1.39. The van der Waals surface area contributed by atoms with Gasteiger partial charge in [-0.1, -0.05) is 64.7 Å². The SMILES string of the molecule is Cc1ccc(C(=O)OC[C@H]2O[C@@H](n3cc(F)c4c(Cl)ncnc43)[C@H](OC(=O)c3ccc(C)cc3)[C@@H]2OC(=O)c2ccc(C)cc2)cc1. The van der Waals surface area contributed by atoms with Crippen molar-refractivity contribution in [3.8, 4) is 0 Å². The number of aromatic nitrogens is 3. The van der Waals surface area contributed by atoms with Crippen molar-refractivity contribution in [3.63, 3.8) is 0 Å². The number of rotatable bonds is 8. The van der Waals surface area contributed by atoms with Gasteiger partial charge in [-0.2, -0.15) is 0 Å². The minimum Gasteiger partial charge on any atom is -0.459 e. The van der Waals surface area contributed by atoms with Crippen molar-refractivity contribution in [3.05, 3.63) is 130 Å². The lowest BCUT2D eigenvalue weighted by Gasteiger charge is -2.25. The van der Waals surface area contributed by atoms with E-state index in [-0.39, 0.29) is 27.3 Å². The van der Waals surface area contributed by atoms with Crippen LogP contribution in [0.4, 0.5) is 4.39 Å². The normalized spacial score (nSPS) is 19.0. The van der Waals surface area contributed by atoms with Gasteiger partial charge >= 0.3 is 17.9 Å². The van der Waals surface area contributed by atoms with Gasteiger partial charge in [-0.3, -0.25) is 4.57 Å². The summed E-state index contributed by atoms with van der Waals surface area (Å²) in [6.45, 7) is 5.24. The van der Waals surface area contributed by atoms with Crippen LogP contribution >= 0.6 is 11.6 Å². The molecule has 6 rings (SSSR count). The summed E-state index contributed by atoms with van der Waals surface area (Å²) < 4.78 is 40.4. The van der Waals surface area contributed by atoms with Gasteiger partial charge in [0.15, 0.2) is 24.3 Å². The van der Waals surface area contributed by atoms with Gasteiger partial charge < -0.3 is 18.9 Å². The first-order chi connectivity index (χ1) is 22.6. The maximum absolute atomic E-state index is 15.2. The molecule has 0 aliphatic carbocycles. The second kappa shape index (κ2) is 13.3. The van der Waals surface area contributed by atoms with E-state index in [0.29, 0.717) is 5.56 Å². The number of ether oxygens (including phenoxy) is 4. The molecule has 0 unspecified atom stereocenters. The Kier molecular flexibility index (Phi) is 9.01. The van der Waals surface area contributed by atoms with E-state index in [1.54, 1.807) is 72.8 Å². The van der Waals surface area contributed by atoms with E-state index in [2.05, 4.69) is 9.97 Å². The molecule has 0 N–H and O–H groups in total. The number of hydrogen-bond acceptors (Lipinski definition) is 9. The van der Waals surface area contributed by atoms with Crippen molar-refractivity contribution in [1.29, 1.82) is 0 Å². The van der Waals surface area contributed by atoms with Gasteiger partial charge in [0.05, 0.1) is 22.1 Å². The topological polar surface area (TPSA) is 119 Å². The van der Waals surface area contributed by atoms with Crippen LogP contribution in [-0.4, -0.2) is 57.4 Å². The molecule has 1 aliphatic rings. The van der Waals surface area contributed by atoms with E-state index in [0.717, 1.165) is 29.2 Å². The monoisotopic (exact) mass is 657 g/mol. The van der Waals surface area contributed by atoms with Crippen LogP contribution in [0.2, 0.25) is 5.15 Å². The molecule has 1 saturated heterocycles. The summed E-state index contributed by atoms with van der Waals surface area (Å²) in [6.07, 6.45) is -2.88. The lowest BCUT2D eigenvalue weighted by atomic mass is 10.1. The van der Waals surface area contributed by atoms with Crippen LogP contribution in [0.25, 0.3) is 11.0 Å². The number of fused-ring (bicyclic) bond motifs is 1. The lowest BCUT2D eigenvalue weighted by Crippen LogP contribution is -2.41. The predicted molar refractivity (Wildman–Crippen MR) is 169 cm³/mol. The summed E-state index contributed by atoms with van der Waals surface area (Å²) in [5, 5.41) is -0.216. The van der Waals surface area contributed by atoms with E-state index in [4.69, 9.17) is 30.5 Å². The van der Waals surface area contributed by atoms with Crippen molar-refractivity contribution < 1.29 is 37.7 Å². The second-order valence-electron chi connectivity index (χ2n) is 11.2. The van der Waals surface area contributed by atoms with Crippen LogP contribution in [0.3, 0.4) is 0 Å². The van der Waals surface area contributed by atoms with E-state index in [1.165, 1.54) is 4.57 Å². The Bertz CT molecular complexity index is 1950. The third-order valence-corrected chi connectivity index (χ3v) is 8.09. The third kappa shape index (κ3) is 6.72. The van der Waals surface area contributed by atoms with Crippen molar-refractivity contribution in [2.45, 2.75) is 45.3 Å². The van der Waals surface area contributed by atoms with E-state index in [1.807, 2.05) is 20.8 Å². The molecule has 0 radical (unpaired) electrons. The first kappa shape index (κ1) is 31.8. The highest BCUT2D eigenvalue weighted by atomic mass is 35.5. The maximum atomic E-state index is 15.2. The zero-order valence-electron chi connectivity index (χ0n) is 25.6. The molecule has 240 valence electrons. The Morgan fingerprint density at radius 3 is 1.79 bits per heavy atom. The molecule has 0 amide bonds. The molecule has 3 aromatic carbocycles. The van der Waals surface area contributed by atoms with Crippen molar-refractivity contribution >= 4 is 40.5 Å². The molecule has 4 atom stereocenters. The second-order valence-corrected chi connectivity index (χ2v) is 11.6. The molecule has 0 spiro atoms. The van der Waals surface area contributed by atoms with Crippen LogP contribution in [0.15, 0.2) is 85.3 Å². The number of carbonyl (C=O) groups is 3. The molecule has 3 heterocycles. The molecule has 5 aromatic rings. The fourth-order valence-corrected chi connectivity index (χ4v) is 5.44. The van der Waals surface area contributed by atoms with Gasteiger partial charge in [-0.15, -0.1) is 0 Å². The fraction of sp³-hybridized carbons (Fsp3) is 0.229. The number of nitrogens with zero attached hydrogens (tertiary/aromatic N) is 3. The summed E-state index contributed by atoms with van der Waals surface area (Å²) >= 11 is 6.20. The highest BCUT2D eigenvalue weighted by Crippen LogP contribution is 2.38. The van der Waals surface area contributed by atoms with E-state index < -0.39 is 54.9 Å². The minimum absolute atomic E-state index is 0.0461. The van der Waals surface area contributed by atoms with Gasteiger partial charge in [-0.25, -0.2) is 28.7 Å². The maximum Gasteiger partial charge on any atom is 0.338 e. The average Bonchev–Trinajstić information content (AvgIpc) is 3.57. The van der Waals surface area contributed by atoms with Gasteiger partial charge in [0.1, 0.15) is 29.8 Å². The first-order valence-corrected chi connectivity index (χ1v) is 15.1. The highest BCUT2D eigenvalue weighted by Gasteiger charge is 2.52. The molecule has 12 heteroatoms. The third-order valence-electron chi connectivity index (χ3n) is 7.80. The quantitative estimate of drug-likeness (QED) is 0.107. The van der Waals surface area contributed by atoms with Gasteiger partial charge in [-0.05, 0) is 57.2 Å². The minimum atomic E-state index is -1.36. The standard InChI is InChI=1S/C35H29ClFN3O7/c1-19-4-10-22(11-5-19)33(41)44-17-26-28(46-34(42)23-12-6-20(2)7-13-23)29(47-35(43)24-14-8-21(3)9-15-24)32(45-26)40-16-25(37)27-30(36)38-18-39-31(27)40/h4-16,18,26,28-29,32H,17H2,1-3H3/t26-,28-,29-,32-/m1/s1. The smallest absolute Gasteiger partial charge is 0.338 e. The van der Waals surface area contributed by atoms with Crippen molar-refractivity contribution in [2.24, 2.45) is 0 Å². The largest absolute Gasteiger partial charge is 0.459 e. The molecular weight excluding hydrogens is 629 g/mol. The summed E-state index contributed by atoms with van der Waals surface area (Å²) in [7, 11) is 0. The fourth-order valence-electron chi connectivity index (χ4n) is 5.23. The van der Waals surface area contributed by atoms with E-state index >= 15 is 4.39 Å². The Hall–Kier alpha value is -5.13. The predicted octanol–water partition coefficient (Wildman–Crippen LogP) is 6.35. The summed E-state index contributed by atoms with van der Waals surface area (Å²) in [4.78, 5) is 48.0. The van der Waals surface area contributed by atoms with Crippen LogP contribution in [0.1, 0.15) is 54.0 Å². The van der Waals surface area contributed by atoms with Crippen LogP contribution in [-0.2, 0) is 18.9 Å². The number of aryl methyl sites for hydroxylation is 3. The molecule has 47 heavy (non-hydrogen) atoms. The zero-order chi connectivity index (χ0) is 33.2. The average molecular weight is 658 g/mol. The van der Waals surface area contributed by atoms with Gasteiger partial charge in [0, 0.05) is 6.20 Å². The van der Waals surface area contributed by atoms with E-state index in [9.17, 15) is 14.4 Å². The van der Waals surface area contributed by atoms with Gasteiger partial charge in [0.2, 0.25) is 0 Å². The molecule has 1 fully saturated rings. The Labute approximate surface area is 274 Å². The molecule has 1 aliphatic heterocycles. The van der Waals surface area contributed by atoms with Crippen LogP contribution in [0, 0.1) is 26.6 Å². The molecular formula is C35H29ClFN3O7. The summed E-state index contributed by atoms with van der Waals surface area (Å²) in [5.74, 6) is -2.88. The molecule has 2 aromatic heterocycles. The number of benzene rings is 3. The van der Waals surface area contributed by atoms with Crippen molar-refractivity contribution in [2.75, 3.05) is 6.61 Å². The summed E-state index contributed by atoms with van der Waals surface area (Å²) in [6, 6.07) is 20.1. The van der Waals surface area contributed by atoms with Gasteiger partial charge in [0.25, 0.3) is 0 Å². The number of hydrogen-bond donors (Lipinski definition) is 0. The zero-order valence-corrected chi connectivity index (χ0v) is 26.3. The Morgan fingerprint density at radius 1 is 0.766 bits per heavy atom. The number of esters is 3.